The average Bonchev–Trinajstić information content (AvgIpc) is 3.12. The van der Waals surface area contributed by atoms with Gasteiger partial charge >= 0.3 is 5.97 Å². The lowest BCUT2D eigenvalue weighted by Gasteiger charge is -2.15. The zero-order valence-electron chi connectivity index (χ0n) is 13.8. The summed E-state index contributed by atoms with van der Waals surface area (Å²) in [6.45, 7) is 9.47. The molecule has 0 spiro atoms. The molecule has 1 saturated heterocycles. The zero-order valence-corrected chi connectivity index (χ0v) is 14.6. The van der Waals surface area contributed by atoms with Crippen molar-refractivity contribution in [2.75, 3.05) is 13.2 Å². The number of hydrogen-bond donors (Lipinski definition) is 0. The van der Waals surface area contributed by atoms with Gasteiger partial charge in [-0.05, 0) is 19.8 Å². The van der Waals surface area contributed by atoms with E-state index in [9.17, 15) is 4.79 Å². The lowest BCUT2D eigenvalue weighted by molar-refractivity contribution is -0.159. The van der Waals surface area contributed by atoms with Crippen LogP contribution in [0.1, 0.15) is 51.2 Å². The van der Waals surface area contributed by atoms with Crippen LogP contribution in [0.5, 0.6) is 0 Å². The molecule has 1 aliphatic rings. The lowest BCUT2D eigenvalue weighted by Crippen LogP contribution is -2.27. The van der Waals surface area contributed by atoms with E-state index in [1.807, 2.05) is 5.38 Å². The number of carbonyl (C=O) groups is 1. The van der Waals surface area contributed by atoms with Crippen LogP contribution in [-0.2, 0) is 31.0 Å². The molecule has 1 aromatic rings. The summed E-state index contributed by atoms with van der Waals surface area (Å²) in [6.07, 6.45) is 1.59. The highest BCUT2D eigenvalue weighted by Gasteiger charge is 2.22. The fourth-order valence-electron chi connectivity index (χ4n) is 2.08. The summed E-state index contributed by atoms with van der Waals surface area (Å²) in [5, 5.41) is 2.98. The summed E-state index contributed by atoms with van der Waals surface area (Å²) in [6, 6.07) is 0. The summed E-state index contributed by atoms with van der Waals surface area (Å²) >= 11 is 1.59. The van der Waals surface area contributed by atoms with E-state index in [0.29, 0.717) is 6.61 Å². The standard InChI is InChI=1S/C16H25NO4S/c1-11(20-9-13-6-5-7-19-13)14(18)21-8-12-10-22-15(17-12)16(2,3)4/h10-11,13H,5-9H2,1-4H3. The summed E-state index contributed by atoms with van der Waals surface area (Å²) in [7, 11) is 0. The minimum absolute atomic E-state index is 0.0185. The molecule has 2 heterocycles. The normalized spacial score (nSPS) is 20.1. The maximum Gasteiger partial charge on any atom is 0.335 e. The SMILES string of the molecule is CC(OCC1CCCO1)C(=O)OCc1csc(C(C)(C)C)n1. The van der Waals surface area contributed by atoms with Crippen molar-refractivity contribution in [1.82, 2.24) is 4.98 Å². The summed E-state index contributed by atoms with van der Waals surface area (Å²) in [5.74, 6) is -0.358. The fourth-order valence-corrected chi connectivity index (χ4v) is 2.97. The first kappa shape index (κ1) is 17.4. The van der Waals surface area contributed by atoms with Crippen molar-refractivity contribution in [2.24, 2.45) is 0 Å². The van der Waals surface area contributed by atoms with E-state index < -0.39 is 6.10 Å². The number of ether oxygens (including phenoxy) is 3. The quantitative estimate of drug-likeness (QED) is 0.752. The van der Waals surface area contributed by atoms with Gasteiger partial charge in [0.05, 0.1) is 23.4 Å². The second-order valence-corrected chi connectivity index (χ2v) is 7.47. The highest BCUT2D eigenvalue weighted by Crippen LogP contribution is 2.25. The Morgan fingerprint density at radius 2 is 2.32 bits per heavy atom. The summed E-state index contributed by atoms with van der Waals surface area (Å²) in [5.41, 5.74) is 0.805. The number of hydrogen-bond acceptors (Lipinski definition) is 6. The first-order valence-electron chi connectivity index (χ1n) is 7.71. The van der Waals surface area contributed by atoms with Gasteiger partial charge in [0.2, 0.25) is 0 Å². The molecule has 124 valence electrons. The van der Waals surface area contributed by atoms with Gasteiger partial charge in [0.15, 0.2) is 6.10 Å². The van der Waals surface area contributed by atoms with Crippen LogP contribution in [0.25, 0.3) is 0 Å². The third-order valence-corrected chi connectivity index (χ3v) is 4.76. The highest BCUT2D eigenvalue weighted by atomic mass is 32.1. The van der Waals surface area contributed by atoms with Gasteiger partial charge in [-0.3, -0.25) is 0 Å². The topological polar surface area (TPSA) is 57.7 Å². The molecule has 0 radical (unpaired) electrons. The van der Waals surface area contributed by atoms with Crippen molar-refractivity contribution in [1.29, 1.82) is 0 Å². The molecule has 6 heteroatoms. The van der Waals surface area contributed by atoms with Crippen LogP contribution in [0.15, 0.2) is 5.38 Å². The van der Waals surface area contributed by atoms with Crippen LogP contribution in [-0.4, -0.2) is 36.4 Å². The Kier molecular flexibility index (Phi) is 5.94. The third kappa shape index (κ3) is 5.04. The number of nitrogens with zero attached hydrogens (tertiary/aromatic N) is 1. The van der Waals surface area contributed by atoms with Crippen molar-refractivity contribution < 1.29 is 19.0 Å². The number of aromatic nitrogens is 1. The molecule has 5 nitrogen and oxygen atoms in total. The van der Waals surface area contributed by atoms with Crippen LogP contribution >= 0.6 is 11.3 Å². The first-order chi connectivity index (χ1) is 10.4. The van der Waals surface area contributed by atoms with Crippen molar-refractivity contribution in [3.63, 3.8) is 0 Å². The monoisotopic (exact) mass is 327 g/mol. The number of rotatable bonds is 6. The third-order valence-electron chi connectivity index (χ3n) is 3.44. The van der Waals surface area contributed by atoms with Crippen molar-refractivity contribution >= 4 is 17.3 Å². The second kappa shape index (κ2) is 7.53. The van der Waals surface area contributed by atoms with E-state index in [1.165, 1.54) is 0 Å². The highest BCUT2D eigenvalue weighted by molar-refractivity contribution is 7.09. The second-order valence-electron chi connectivity index (χ2n) is 6.61. The van der Waals surface area contributed by atoms with Gasteiger partial charge in [0, 0.05) is 17.4 Å². The molecule has 2 unspecified atom stereocenters. The van der Waals surface area contributed by atoms with Gasteiger partial charge < -0.3 is 14.2 Å². The molecule has 2 rings (SSSR count). The average molecular weight is 327 g/mol. The molecule has 22 heavy (non-hydrogen) atoms. The minimum atomic E-state index is -0.579. The smallest absolute Gasteiger partial charge is 0.335 e. The van der Waals surface area contributed by atoms with Crippen molar-refractivity contribution in [3.8, 4) is 0 Å². The van der Waals surface area contributed by atoms with Crippen LogP contribution in [0, 0.1) is 0 Å². The fraction of sp³-hybridized carbons (Fsp3) is 0.750. The van der Waals surface area contributed by atoms with Gasteiger partial charge in [-0.1, -0.05) is 20.8 Å². The van der Waals surface area contributed by atoms with Gasteiger partial charge in [0.25, 0.3) is 0 Å². The van der Waals surface area contributed by atoms with Crippen molar-refractivity contribution in [2.45, 2.75) is 64.8 Å². The Morgan fingerprint density at radius 1 is 1.55 bits per heavy atom. The van der Waals surface area contributed by atoms with Crippen LogP contribution in [0.3, 0.4) is 0 Å². The van der Waals surface area contributed by atoms with E-state index in [2.05, 4.69) is 25.8 Å². The Balaban J connectivity index is 1.73. The predicted octanol–water partition coefficient (Wildman–Crippen LogP) is 3.07. The lowest BCUT2D eigenvalue weighted by atomic mass is 9.98. The Labute approximate surface area is 136 Å². The molecule has 0 saturated carbocycles. The van der Waals surface area contributed by atoms with Gasteiger partial charge in [-0.25, -0.2) is 9.78 Å². The Morgan fingerprint density at radius 3 is 2.91 bits per heavy atom. The largest absolute Gasteiger partial charge is 0.457 e. The minimum Gasteiger partial charge on any atom is -0.457 e. The molecule has 1 fully saturated rings. The van der Waals surface area contributed by atoms with E-state index in [4.69, 9.17) is 14.2 Å². The van der Waals surface area contributed by atoms with E-state index in [-0.39, 0.29) is 24.1 Å². The molecule has 0 amide bonds. The zero-order chi connectivity index (χ0) is 16.2. The summed E-state index contributed by atoms with van der Waals surface area (Å²) < 4.78 is 16.2. The van der Waals surface area contributed by atoms with Crippen LogP contribution < -0.4 is 0 Å². The molecule has 2 atom stereocenters. The van der Waals surface area contributed by atoms with Crippen LogP contribution in [0.4, 0.5) is 0 Å². The molecule has 1 aliphatic heterocycles. The predicted molar refractivity (Wildman–Crippen MR) is 85.0 cm³/mol. The molecule has 0 N–H and O–H groups in total. The first-order valence-corrected chi connectivity index (χ1v) is 8.59. The molecular weight excluding hydrogens is 302 g/mol. The molecule has 0 aliphatic carbocycles. The molecule has 0 aromatic carbocycles. The Bertz CT molecular complexity index is 489. The molecule has 0 bridgehead atoms. The molecule has 1 aromatic heterocycles. The summed E-state index contributed by atoms with van der Waals surface area (Å²) in [4.78, 5) is 16.4. The van der Waals surface area contributed by atoms with E-state index >= 15 is 0 Å². The Hall–Kier alpha value is -0.980. The number of thiazole rings is 1. The van der Waals surface area contributed by atoms with E-state index in [0.717, 1.165) is 30.2 Å². The van der Waals surface area contributed by atoms with Gasteiger partial charge in [-0.15, -0.1) is 11.3 Å². The van der Waals surface area contributed by atoms with Gasteiger partial charge in [0.1, 0.15) is 6.61 Å². The maximum atomic E-state index is 11.9. The van der Waals surface area contributed by atoms with Crippen molar-refractivity contribution in [3.05, 3.63) is 16.1 Å². The van der Waals surface area contributed by atoms with Crippen LogP contribution in [0.2, 0.25) is 0 Å². The maximum absolute atomic E-state index is 11.9. The van der Waals surface area contributed by atoms with Gasteiger partial charge in [-0.2, -0.15) is 0 Å². The number of esters is 1. The number of carbonyl (C=O) groups excluding carboxylic acids is 1. The molecular formula is C16H25NO4S. The van der Waals surface area contributed by atoms with E-state index in [1.54, 1.807) is 18.3 Å².